The van der Waals surface area contributed by atoms with E-state index in [1.54, 1.807) is 24.3 Å². The van der Waals surface area contributed by atoms with Gasteiger partial charge in [-0.3, -0.25) is 14.9 Å². The van der Waals surface area contributed by atoms with Crippen LogP contribution < -0.4 is 15.4 Å². The number of carbonyl (C=O) groups is 3. The zero-order chi connectivity index (χ0) is 22.1. The van der Waals surface area contributed by atoms with Crippen LogP contribution >= 0.6 is 23.2 Å². The molecule has 0 aromatic heterocycles. The molecule has 0 saturated carbocycles. The number of carbonyl (C=O) groups excluding carboxylic acids is 3. The fraction of sp³-hybridized carbons (Fsp3) is 0.167. The van der Waals surface area contributed by atoms with Gasteiger partial charge in [0.05, 0.1) is 14.9 Å². The predicted molar refractivity (Wildman–Crippen MR) is 109 cm³/mol. The van der Waals surface area contributed by atoms with Crippen molar-refractivity contribution in [2.24, 2.45) is 0 Å². The highest BCUT2D eigenvalue weighted by Gasteiger charge is 2.18. The maximum Gasteiger partial charge on any atom is 0.321 e. The molecule has 0 atom stereocenters. The van der Waals surface area contributed by atoms with Crippen LogP contribution in [0.2, 0.25) is 10.0 Å². The molecule has 2 rings (SSSR count). The molecule has 3 amide bonds. The molecule has 3 N–H and O–H groups in total. The number of rotatable bonds is 8. The molecule has 160 valence electrons. The van der Waals surface area contributed by atoms with Gasteiger partial charge >= 0.3 is 12.0 Å². The van der Waals surface area contributed by atoms with E-state index in [1.165, 1.54) is 12.1 Å². The highest BCUT2D eigenvalue weighted by molar-refractivity contribution is 7.89. The van der Waals surface area contributed by atoms with Gasteiger partial charge in [0.15, 0.2) is 6.61 Å². The Labute approximate surface area is 182 Å². The number of hydrogen-bond acceptors (Lipinski definition) is 6. The molecule has 0 radical (unpaired) electrons. The number of nitrogens with one attached hydrogen (secondary N) is 3. The zero-order valence-corrected chi connectivity index (χ0v) is 17.7. The van der Waals surface area contributed by atoms with E-state index in [2.05, 4.69) is 10.1 Å². The van der Waals surface area contributed by atoms with Crippen molar-refractivity contribution in [3.8, 4) is 0 Å². The second-order valence-corrected chi connectivity index (χ2v) is 8.36. The van der Waals surface area contributed by atoms with Gasteiger partial charge in [0, 0.05) is 6.54 Å². The van der Waals surface area contributed by atoms with Crippen molar-refractivity contribution < 1.29 is 27.5 Å². The second kappa shape index (κ2) is 10.9. The van der Waals surface area contributed by atoms with Gasteiger partial charge in [0.1, 0.15) is 6.54 Å². The quantitative estimate of drug-likeness (QED) is 0.501. The smallest absolute Gasteiger partial charge is 0.321 e. The number of hydrogen-bond donors (Lipinski definition) is 3. The highest BCUT2D eigenvalue weighted by Crippen LogP contribution is 2.24. The van der Waals surface area contributed by atoms with Crippen molar-refractivity contribution >= 4 is 51.1 Å². The summed E-state index contributed by atoms with van der Waals surface area (Å²) in [5, 5.41) is 4.66. The van der Waals surface area contributed by atoms with Crippen LogP contribution in [0.15, 0.2) is 53.4 Å². The number of halogens is 2. The maximum atomic E-state index is 12.1. The Morgan fingerprint density at radius 1 is 0.967 bits per heavy atom. The van der Waals surface area contributed by atoms with Crippen LogP contribution in [0.1, 0.15) is 5.56 Å². The molecule has 0 spiro atoms. The van der Waals surface area contributed by atoms with E-state index in [4.69, 9.17) is 23.2 Å². The lowest BCUT2D eigenvalue weighted by atomic mass is 10.2. The van der Waals surface area contributed by atoms with E-state index in [0.29, 0.717) is 0 Å². The number of sulfonamides is 1. The van der Waals surface area contributed by atoms with E-state index in [-0.39, 0.29) is 21.5 Å². The summed E-state index contributed by atoms with van der Waals surface area (Å²) in [6, 6.07) is 11.9. The minimum absolute atomic E-state index is 0.0318. The summed E-state index contributed by atoms with van der Waals surface area (Å²) in [5.74, 6) is -1.89. The third-order valence-corrected chi connectivity index (χ3v) is 5.66. The standard InChI is InChI=1S/C18H17Cl2N3O6S/c19-14-7-6-13(8-15(14)20)30(27,28)22-10-17(25)29-11-16(24)23-18(26)21-9-12-4-2-1-3-5-12/h1-8,22H,9-11H2,(H2,21,23,24,26). The summed E-state index contributed by atoms with van der Waals surface area (Å²) in [6.07, 6.45) is 0. The number of benzene rings is 2. The Balaban J connectivity index is 1.72. The van der Waals surface area contributed by atoms with E-state index in [0.717, 1.165) is 11.6 Å². The predicted octanol–water partition coefficient (Wildman–Crippen LogP) is 1.84. The summed E-state index contributed by atoms with van der Waals surface area (Å²) >= 11 is 11.5. The molecule has 0 unspecified atom stereocenters. The molecule has 2 aromatic carbocycles. The fourth-order valence-electron chi connectivity index (χ4n) is 2.06. The zero-order valence-electron chi connectivity index (χ0n) is 15.4. The third-order valence-electron chi connectivity index (χ3n) is 3.52. The van der Waals surface area contributed by atoms with Crippen LogP contribution in [0.3, 0.4) is 0 Å². The largest absolute Gasteiger partial charge is 0.455 e. The SMILES string of the molecule is O=C(COC(=O)CNS(=O)(=O)c1ccc(Cl)c(Cl)c1)NC(=O)NCc1ccccc1. The van der Waals surface area contributed by atoms with Crippen LogP contribution in [0.25, 0.3) is 0 Å². The monoisotopic (exact) mass is 473 g/mol. The van der Waals surface area contributed by atoms with E-state index < -0.39 is 41.1 Å². The Hall–Kier alpha value is -2.66. The molecule has 0 saturated heterocycles. The van der Waals surface area contributed by atoms with Gasteiger partial charge in [0.25, 0.3) is 5.91 Å². The van der Waals surface area contributed by atoms with Crippen molar-refractivity contribution in [3.05, 3.63) is 64.1 Å². The summed E-state index contributed by atoms with van der Waals surface area (Å²) in [7, 11) is -4.04. The third kappa shape index (κ3) is 7.64. The van der Waals surface area contributed by atoms with Crippen molar-refractivity contribution in [1.82, 2.24) is 15.4 Å². The van der Waals surface area contributed by atoms with Crippen molar-refractivity contribution in [2.45, 2.75) is 11.4 Å². The van der Waals surface area contributed by atoms with Crippen LogP contribution in [0.4, 0.5) is 4.79 Å². The van der Waals surface area contributed by atoms with Gasteiger partial charge in [-0.2, -0.15) is 4.72 Å². The Morgan fingerprint density at radius 2 is 1.67 bits per heavy atom. The van der Waals surface area contributed by atoms with Gasteiger partial charge in [-0.05, 0) is 23.8 Å². The Morgan fingerprint density at radius 3 is 2.33 bits per heavy atom. The number of esters is 1. The Kier molecular flexibility index (Phi) is 8.60. The molecular formula is C18H17Cl2N3O6S. The first kappa shape index (κ1) is 23.6. The molecule has 0 aliphatic carbocycles. The van der Waals surface area contributed by atoms with Crippen LogP contribution in [0.5, 0.6) is 0 Å². The first-order chi connectivity index (χ1) is 14.2. The van der Waals surface area contributed by atoms with Gasteiger partial charge in [-0.1, -0.05) is 53.5 Å². The van der Waals surface area contributed by atoms with Gasteiger partial charge < -0.3 is 10.1 Å². The molecule has 2 aromatic rings. The molecule has 0 aliphatic rings. The first-order valence-corrected chi connectivity index (χ1v) is 10.6. The molecule has 0 heterocycles. The summed E-state index contributed by atoms with van der Waals surface area (Å²) < 4.78 is 30.9. The molecule has 30 heavy (non-hydrogen) atoms. The molecule has 0 aliphatic heterocycles. The van der Waals surface area contributed by atoms with Crippen LogP contribution in [-0.4, -0.2) is 39.5 Å². The molecule has 9 nitrogen and oxygen atoms in total. The topological polar surface area (TPSA) is 131 Å². The van der Waals surface area contributed by atoms with Crippen molar-refractivity contribution in [1.29, 1.82) is 0 Å². The summed E-state index contributed by atoms with van der Waals surface area (Å²) in [4.78, 5) is 34.8. The molecule has 0 fully saturated rings. The average Bonchev–Trinajstić information content (AvgIpc) is 2.72. The molecule has 12 heteroatoms. The molecule has 0 bridgehead atoms. The number of imide groups is 1. The van der Waals surface area contributed by atoms with E-state index >= 15 is 0 Å². The second-order valence-electron chi connectivity index (χ2n) is 5.78. The lowest BCUT2D eigenvalue weighted by Gasteiger charge is -2.09. The van der Waals surface area contributed by atoms with Crippen molar-refractivity contribution in [2.75, 3.05) is 13.2 Å². The fourth-order valence-corrected chi connectivity index (χ4v) is 3.42. The maximum absolute atomic E-state index is 12.1. The lowest BCUT2D eigenvalue weighted by molar-refractivity contribution is -0.147. The number of amides is 3. The first-order valence-electron chi connectivity index (χ1n) is 8.39. The molecular weight excluding hydrogens is 457 g/mol. The van der Waals surface area contributed by atoms with E-state index in [1.807, 2.05) is 16.1 Å². The van der Waals surface area contributed by atoms with Crippen LogP contribution in [0, 0.1) is 0 Å². The van der Waals surface area contributed by atoms with Gasteiger partial charge in [-0.25, -0.2) is 13.2 Å². The van der Waals surface area contributed by atoms with Crippen LogP contribution in [-0.2, 0) is 30.9 Å². The highest BCUT2D eigenvalue weighted by atomic mass is 35.5. The van der Waals surface area contributed by atoms with E-state index in [9.17, 15) is 22.8 Å². The summed E-state index contributed by atoms with van der Waals surface area (Å²) in [6.45, 7) is -1.28. The van der Waals surface area contributed by atoms with Crippen molar-refractivity contribution in [3.63, 3.8) is 0 Å². The minimum atomic E-state index is -4.04. The lowest BCUT2D eigenvalue weighted by Crippen LogP contribution is -2.41. The summed E-state index contributed by atoms with van der Waals surface area (Å²) in [5.41, 5.74) is 0.834. The number of ether oxygens (including phenoxy) is 1. The number of urea groups is 1. The minimum Gasteiger partial charge on any atom is -0.455 e. The average molecular weight is 474 g/mol. The normalized spacial score (nSPS) is 10.9. The Bertz CT molecular complexity index is 1030. The van der Waals surface area contributed by atoms with Gasteiger partial charge in [-0.15, -0.1) is 0 Å². The van der Waals surface area contributed by atoms with Gasteiger partial charge in [0.2, 0.25) is 10.0 Å².